The molecule has 50 heteroatoms. The van der Waals surface area contributed by atoms with E-state index in [0.29, 0.717) is 122 Å². The van der Waals surface area contributed by atoms with Gasteiger partial charge >= 0.3 is 65.4 Å². The first kappa shape index (κ1) is 86.7. The second kappa shape index (κ2) is 38.3. The summed E-state index contributed by atoms with van der Waals surface area (Å²) in [6.45, 7) is 7.14. The number of benzene rings is 5. The highest BCUT2D eigenvalue weighted by atomic mass is 32.2. The van der Waals surface area contributed by atoms with E-state index in [-0.39, 0.29) is 82.3 Å². The lowest BCUT2D eigenvalue weighted by Crippen LogP contribution is -2.41. The van der Waals surface area contributed by atoms with Gasteiger partial charge in [-0.2, -0.15) is 0 Å². The average molecular weight is 1740 g/mol. The smallest absolute Gasteiger partial charge is 0.535 e. The van der Waals surface area contributed by atoms with Gasteiger partial charge in [0.1, 0.15) is 75.0 Å². The highest BCUT2D eigenvalue weighted by molar-refractivity contribution is 8.03. The molecule has 600 valence electrons. The van der Waals surface area contributed by atoms with Crippen LogP contribution in [0.3, 0.4) is 0 Å². The maximum Gasteiger partial charge on any atom is 0.537 e. The van der Waals surface area contributed by atoms with Crippen LogP contribution >= 0.6 is 105 Å². The number of carboxylic acids is 5. The lowest BCUT2D eigenvalue weighted by Gasteiger charge is -2.29. The van der Waals surface area contributed by atoms with Gasteiger partial charge in [0.05, 0.1) is 32.9 Å². The maximum absolute atomic E-state index is 11.6. The Balaban J connectivity index is 0.000000142. The number of aromatic carboxylic acids is 5. The minimum absolute atomic E-state index is 0.0356. The molecule has 5 aliphatic heterocycles. The monoisotopic (exact) mass is 1740 g/mol. The van der Waals surface area contributed by atoms with E-state index in [1.54, 1.807) is 60.1 Å². The van der Waals surface area contributed by atoms with Crippen molar-refractivity contribution in [3.63, 3.8) is 0 Å². The number of nitrogens with two attached hydrogens (primary N) is 3. The lowest BCUT2D eigenvalue weighted by molar-refractivity contribution is 0.0679. The molecular weight excluding hydrogens is 1670 g/mol. The van der Waals surface area contributed by atoms with Crippen LogP contribution < -0.4 is 45.2 Å². The Kier molecular flexibility index (Phi) is 28.9. The molecule has 0 radical (unpaired) electrons. The van der Waals surface area contributed by atoms with E-state index < -0.39 is 65.4 Å². The minimum Gasteiger partial charge on any atom is -0.535 e. The molecule has 0 amide bonds. The van der Waals surface area contributed by atoms with Gasteiger partial charge in [-0.3, -0.25) is 0 Å². The lowest BCUT2D eigenvalue weighted by atomic mass is 9.76. The number of aromatic nitrogens is 12. The van der Waals surface area contributed by atoms with Gasteiger partial charge in [-0.05, 0) is 122 Å². The van der Waals surface area contributed by atoms with Crippen molar-refractivity contribution < 1.29 is 103 Å². The first-order valence-corrected chi connectivity index (χ1v) is 42.4. The summed E-state index contributed by atoms with van der Waals surface area (Å²) < 4.78 is 38.4. The van der Waals surface area contributed by atoms with Gasteiger partial charge in [-0.25, -0.2) is 24.0 Å². The molecule has 5 aliphatic rings. The van der Waals surface area contributed by atoms with Gasteiger partial charge in [0.2, 0.25) is 15.4 Å². The van der Waals surface area contributed by atoms with Crippen LogP contribution in [0.1, 0.15) is 116 Å². The molecule has 10 heterocycles. The zero-order valence-electron chi connectivity index (χ0n) is 61.8. The second-order valence-corrected chi connectivity index (χ2v) is 36.1. The summed E-state index contributed by atoms with van der Waals surface area (Å²) in [7, 11) is -0.491. The predicted molar refractivity (Wildman–Crippen MR) is 438 cm³/mol. The number of nitrogens with zero attached hydrogens (tertiary/aromatic N) is 12. The molecule has 10 aromatic rings. The largest absolute Gasteiger partial charge is 0.537 e. The van der Waals surface area contributed by atoms with Crippen molar-refractivity contribution in [1.29, 1.82) is 0 Å². The molecule has 0 saturated heterocycles. The van der Waals surface area contributed by atoms with Crippen molar-refractivity contribution >= 4 is 185 Å². The van der Waals surface area contributed by atoms with Crippen molar-refractivity contribution in [3.8, 4) is 34.5 Å². The fraction of sp³-hybridized carbons (Fsp3) is 0.308. The van der Waals surface area contributed by atoms with E-state index in [4.69, 9.17) is 45.2 Å². The molecule has 0 bridgehead atoms. The number of ether oxygens (including phenoxy) is 1. The van der Waals surface area contributed by atoms with Crippen LogP contribution in [0.25, 0.3) is 0 Å². The quantitative estimate of drug-likeness (QED) is 0.0302. The number of hydrogen-bond donors (Lipinski definition) is 13. The van der Waals surface area contributed by atoms with Crippen LogP contribution in [0.15, 0.2) is 95.5 Å². The molecule has 36 nitrogen and oxygen atoms in total. The Morgan fingerprint density at radius 3 is 1.12 bits per heavy atom. The van der Waals surface area contributed by atoms with Crippen molar-refractivity contribution in [3.05, 3.63) is 145 Å². The first-order valence-electron chi connectivity index (χ1n) is 34.4. The summed E-state index contributed by atoms with van der Waals surface area (Å²) in [5, 5.41) is 138. The Bertz CT molecular complexity index is 5140. The Morgan fingerprint density at radius 1 is 0.461 bits per heavy atom. The normalized spacial score (nSPS) is 16.8. The zero-order valence-corrected chi connectivity index (χ0v) is 69.2. The number of aryl methyl sites for hydroxylation is 6. The van der Waals surface area contributed by atoms with Gasteiger partial charge in [0.15, 0.2) is 23.3 Å². The summed E-state index contributed by atoms with van der Waals surface area (Å²) in [6, 6.07) is 16.2. The summed E-state index contributed by atoms with van der Waals surface area (Å²) in [5.41, 5.74) is 23.3. The number of rotatable bonds is 19. The van der Waals surface area contributed by atoms with Crippen LogP contribution in [-0.4, -0.2) is 215 Å². The summed E-state index contributed by atoms with van der Waals surface area (Å²) >= 11 is 11.6. The molecular formula is C65H70B5N15O21S9. The van der Waals surface area contributed by atoms with E-state index in [1.165, 1.54) is 112 Å². The van der Waals surface area contributed by atoms with Gasteiger partial charge < -0.3 is 105 Å². The average Bonchev–Trinajstić information content (AvgIpc) is 1.08. The van der Waals surface area contributed by atoms with E-state index in [1.807, 2.05) is 64.3 Å². The van der Waals surface area contributed by atoms with Crippen molar-refractivity contribution in [2.45, 2.75) is 127 Å². The number of carbonyl (C=O) groups is 5. The molecule has 0 saturated carbocycles. The summed E-state index contributed by atoms with van der Waals surface area (Å²) in [6.07, 6.45) is 8.45. The number of hydrogen-bond acceptors (Lipinski definition) is 38. The number of fused-ring (bicyclic) bond motifs is 5. The number of nitrogen functional groups attached to an aromatic ring is 3. The van der Waals surface area contributed by atoms with Crippen molar-refractivity contribution in [1.82, 2.24) is 60.1 Å². The fourth-order valence-electron chi connectivity index (χ4n) is 12.4. The maximum atomic E-state index is 11.6. The Hall–Kier alpha value is -9.17. The third-order valence-corrected chi connectivity index (χ3v) is 27.4. The highest BCUT2D eigenvalue weighted by Gasteiger charge is 2.45. The Morgan fingerprint density at radius 2 is 0.791 bits per heavy atom. The van der Waals surface area contributed by atoms with E-state index >= 15 is 0 Å². The predicted octanol–water partition coefficient (Wildman–Crippen LogP) is 6.53. The van der Waals surface area contributed by atoms with Gasteiger partial charge in [0.25, 0.3) is 0 Å². The number of thioether (sulfide) groups is 6. The van der Waals surface area contributed by atoms with Gasteiger partial charge in [-0.15, -0.1) is 62.7 Å². The van der Waals surface area contributed by atoms with E-state index in [2.05, 4.69) is 51.0 Å². The molecule has 5 atom stereocenters. The number of carboxylic acid groups (broad SMARTS) is 5. The molecule has 15 rings (SSSR count). The molecule has 16 N–H and O–H groups in total. The molecule has 5 aromatic carbocycles. The van der Waals surface area contributed by atoms with Crippen molar-refractivity contribution in [2.75, 3.05) is 30.6 Å². The van der Waals surface area contributed by atoms with E-state index in [0.717, 1.165) is 22.3 Å². The molecule has 0 fully saturated rings. The topological polar surface area (TPSA) is 560 Å². The molecule has 0 aliphatic carbocycles. The molecule has 0 spiro atoms. The molecule has 5 aromatic heterocycles. The van der Waals surface area contributed by atoms with Crippen LogP contribution in [0, 0.1) is 13.8 Å². The van der Waals surface area contributed by atoms with Gasteiger partial charge in [0, 0.05) is 24.6 Å². The van der Waals surface area contributed by atoms with Crippen LogP contribution in [0.2, 0.25) is 0 Å². The van der Waals surface area contributed by atoms with Crippen LogP contribution in [0.4, 0.5) is 15.4 Å². The zero-order chi connectivity index (χ0) is 83.0. The Labute approximate surface area is 694 Å². The van der Waals surface area contributed by atoms with Crippen LogP contribution in [0.5, 0.6) is 34.5 Å². The van der Waals surface area contributed by atoms with E-state index in [9.17, 15) is 74.6 Å². The SMILES string of the molecule is CCc1ccc2c(c1C(=O)O)OB(O)[C@@H](Sc1nncn1C)C2.CCc1ccc2c(c1C(=O)O)OB(O)[C@@H](Sc1nncn1C)C2.COc1cc(C)c(C(=O)O)c2c1C[C@H](Sc1nnc(N)s1)B(O)O2.CSc1ccc2c(c1C(=O)O)OB(O)[C@@H](Sc1nnc(N)s1)C2.Cc1ccc2c(c1C(=O)O)OB(O)[C@@H](Sc1nnc(N)s1)C2. The second-order valence-electron chi connectivity index (χ2n) is 25.4. The minimum atomic E-state index is -1.18. The van der Waals surface area contributed by atoms with Crippen molar-refractivity contribution in [2.24, 2.45) is 14.1 Å². The number of methoxy groups -OCH3 is 1. The molecule has 0 unspecified atom stereocenters. The first-order chi connectivity index (χ1) is 54.9. The third-order valence-electron chi connectivity index (χ3n) is 17.9. The third kappa shape index (κ3) is 20.3. The summed E-state index contributed by atoms with van der Waals surface area (Å²) in [4.78, 5) is 58.1. The van der Waals surface area contributed by atoms with Gasteiger partial charge in [-0.1, -0.05) is 149 Å². The number of anilines is 3. The standard InChI is InChI=1S/2C14H16BN3O4S.C13H14BN3O5S2.C12H12BN3O4S3.C12H12BN3O4S2/c2*1-3-8-4-5-9-6-10(23-14-17-16-7-18(14)2)15(21)22-12(9)11(8)13(19)20;1-5-3-7(21-2)6-4-8(23-13-17-16-12(15)24-13)14(20)22-10(6)9(5)11(18)19;1-21-6-3-2-5-4-7(22-12-16-15-11(14)23-12)13(19)20-9(5)8(6)10(17)18;1-5-2-3-6-4-7(21-12-16-15-11(14)22-12)13(19)20-9(6)8(5)10(17)18/h2*4-5,7,10,21H,3,6H2,1-2H3,(H,19,20);3,8,20H,4H2,1-2H3,(H2,15,16)(H,18,19);2-3,7,19H,4H2,1H3,(H2,14,15)(H,17,18);2-3,7,19H,4H2,1H3,(H2,14,15)(H,17,18)/t2*10-;8-;2*7-/m00000/s1. The fourth-order valence-corrected chi connectivity index (χ4v) is 20.8. The van der Waals surface area contributed by atoms with Crippen LogP contribution in [-0.2, 0) is 59.0 Å². The molecule has 115 heavy (non-hydrogen) atoms. The summed E-state index contributed by atoms with van der Waals surface area (Å²) in [5.74, 6) is -3.59. The highest BCUT2D eigenvalue weighted by Crippen LogP contribution is 2.46.